The Morgan fingerprint density at radius 3 is 2.19 bits per heavy atom. The number of furan rings is 1. The molecular weight excluding hydrogens is 378 g/mol. The van der Waals surface area contributed by atoms with Crippen molar-refractivity contribution in [1.82, 2.24) is 4.98 Å². The molecule has 0 N–H and O–H groups in total. The molecule has 6 aromatic rings. The van der Waals surface area contributed by atoms with Crippen LogP contribution in [0, 0.1) is 0 Å². The van der Waals surface area contributed by atoms with E-state index in [1.54, 1.807) is 0 Å². The van der Waals surface area contributed by atoms with Gasteiger partial charge in [-0.15, -0.1) is 0 Å². The second-order valence-electron chi connectivity index (χ2n) is 7.66. The number of hydrogen-bond donors (Lipinski definition) is 0. The smallest absolute Gasteiger partial charge is 0.143 e. The molecule has 0 atom stereocenters. The highest BCUT2D eigenvalue weighted by Gasteiger charge is 2.18. The summed E-state index contributed by atoms with van der Waals surface area (Å²) in [7, 11) is 0. The first kappa shape index (κ1) is 17.7. The van der Waals surface area contributed by atoms with Crippen LogP contribution in [0.5, 0.6) is 0 Å². The largest absolute Gasteiger partial charge is 0.455 e. The summed E-state index contributed by atoms with van der Waals surface area (Å²) in [5.41, 5.74) is 5.27. The molecular formula is C29H19NO. The normalized spacial score (nSPS) is 11.2. The number of para-hydroxylation sites is 1. The first-order valence-corrected chi connectivity index (χ1v) is 10.4. The van der Waals surface area contributed by atoms with Crippen molar-refractivity contribution < 1.29 is 4.42 Å². The number of aromatic nitrogens is 1. The molecule has 0 aliphatic carbocycles. The van der Waals surface area contributed by atoms with Crippen molar-refractivity contribution in [2.24, 2.45) is 0 Å². The summed E-state index contributed by atoms with van der Waals surface area (Å²) in [6, 6.07) is 37.6. The van der Waals surface area contributed by atoms with Gasteiger partial charge in [-0.1, -0.05) is 91.0 Å². The zero-order valence-corrected chi connectivity index (χ0v) is 16.8. The van der Waals surface area contributed by atoms with Crippen LogP contribution in [0.1, 0.15) is 0 Å². The maximum atomic E-state index is 6.56. The molecule has 0 amide bonds. The van der Waals surface area contributed by atoms with Crippen LogP contribution in [0.2, 0.25) is 0 Å². The molecule has 146 valence electrons. The average Bonchev–Trinajstić information content (AvgIpc) is 3.29. The van der Waals surface area contributed by atoms with Crippen molar-refractivity contribution in [2.75, 3.05) is 0 Å². The Balaban J connectivity index is 1.60. The molecule has 0 unspecified atom stereocenters. The second kappa shape index (κ2) is 7.26. The quantitative estimate of drug-likeness (QED) is 0.302. The van der Waals surface area contributed by atoms with Crippen LogP contribution in [0.25, 0.3) is 55.4 Å². The molecule has 0 radical (unpaired) electrons. The van der Waals surface area contributed by atoms with E-state index in [0.29, 0.717) is 0 Å². The van der Waals surface area contributed by atoms with Gasteiger partial charge in [0.2, 0.25) is 0 Å². The maximum Gasteiger partial charge on any atom is 0.143 e. The SMILES string of the molecule is c1ccc(-c2cc(-c3cnc4ccccc4c3)oc2-c2cccc3ccccc23)cc1. The monoisotopic (exact) mass is 397 g/mol. The number of nitrogens with zero attached hydrogens (tertiary/aromatic N) is 1. The molecule has 0 saturated heterocycles. The van der Waals surface area contributed by atoms with Gasteiger partial charge in [0.1, 0.15) is 11.5 Å². The summed E-state index contributed by atoms with van der Waals surface area (Å²) in [5.74, 6) is 1.70. The molecule has 0 saturated carbocycles. The summed E-state index contributed by atoms with van der Waals surface area (Å²) < 4.78 is 6.56. The highest BCUT2D eigenvalue weighted by molar-refractivity contribution is 5.99. The van der Waals surface area contributed by atoms with Gasteiger partial charge < -0.3 is 4.42 Å². The van der Waals surface area contributed by atoms with E-state index in [0.717, 1.165) is 44.7 Å². The van der Waals surface area contributed by atoms with E-state index in [1.165, 1.54) is 10.8 Å². The van der Waals surface area contributed by atoms with Crippen molar-refractivity contribution in [3.05, 3.63) is 115 Å². The van der Waals surface area contributed by atoms with E-state index in [2.05, 4.69) is 89.9 Å². The minimum Gasteiger partial charge on any atom is -0.455 e. The number of pyridine rings is 1. The summed E-state index contributed by atoms with van der Waals surface area (Å²) in [6.07, 6.45) is 1.89. The predicted molar refractivity (Wildman–Crippen MR) is 128 cm³/mol. The molecule has 2 aromatic heterocycles. The molecule has 2 heteroatoms. The van der Waals surface area contributed by atoms with Gasteiger partial charge in [-0.25, -0.2) is 0 Å². The third kappa shape index (κ3) is 3.10. The number of hydrogen-bond acceptors (Lipinski definition) is 2. The van der Waals surface area contributed by atoms with Gasteiger partial charge in [0.15, 0.2) is 0 Å². The van der Waals surface area contributed by atoms with Crippen molar-refractivity contribution in [2.45, 2.75) is 0 Å². The Kier molecular flexibility index (Phi) is 4.14. The van der Waals surface area contributed by atoms with Crippen LogP contribution in [0.4, 0.5) is 0 Å². The number of rotatable bonds is 3. The molecule has 0 aliphatic rings. The first-order chi connectivity index (χ1) is 15.4. The van der Waals surface area contributed by atoms with E-state index in [-0.39, 0.29) is 0 Å². The van der Waals surface area contributed by atoms with Crippen molar-refractivity contribution in [1.29, 1.82) is 0 Å². The van der Waals surface area contributed by atoms with Crippen LogP contribution in [-0.4, -0.2) is 4.98 Å². The standard InChI is InChI=1S/C29H19NO/c1-2-9-21(10-3-1)26-18-28(23-17-22-12-5-7-16-27(22)30-19-23)31-29(26)25-15-8-13-20-11-4-6-14-24(20)25/h1-19H. The van der Waals surface area contributed by atoms with Gasteiger partial charge in [0.25, 0.3) is 0 Å². The Bertz CT molecular complexity index is 1520. The Labute approximate surface area is 180 Å². The predicted octanol–water partition coefficient (Wildman–Crippen LogP) is 7.98. The van der Waals surface area contributed by atoms with E-state index in [1.807, 2.05) is 30.5 Å². The van der Waals surface area contributed by atoms with E-state index >= 15 is 0 Å². The Morgan fingerprint density at radius 2 is 1.29 bits per heavy atom. The van der Waals surface area contributed by atoms with Crippen LogP contribution in [0.3, 0.4) is 0 Å². The van der Waals surface area contributed by atoms with Gasteiger partial charge in [0, 0.05) is 28.3 Å². The molecule has 0 aliphatic heterocycles. The lowest BCUT2D eigenvalue weighted by atomic mass is 9.97. The Morgan fingerprint density at radius 1 is 0.548 bits per heavy atom. The van der Waals surface area contributed by atoms with Gasteiger partial charge in [-0.3, -0.25) is 4.98 Å². The minimum absolute atomic E-state index is 0.819. The summed E-state index contributed by atoms with van der Waals surface area (Å²) in [5, 5.41) is 3.48. The third-order valence-electron chi connectivity index (χ3n) is 5.73. The molecule has 0 bridgehead atoms. The van der Waals surface area contributed by atoms with E-state index < -0.39 is 0 Å². The Hall–Kier alpha value is -4.17. The zero-order chi connectivity index (χ0) is 20.6. The lowest BCUT2D eigenvalue weighted by Gasteiger charge is -2.07. The van der Waals surface area contributed by atoms with Gasteiger partial charge in [0.05, 0.1) is 5.52 Å². The van der Waals surface area contributed by atoms with Crippen molar-refractivity contribution >= 4 is 21.7 Å². The van der Waals surface area contributed by atoms with Crippen molar-refractivity contribution in [3.8, 4) is 33.8 Å². The van der Waals surface area contributed by atoms with Crippen molar-refractivity contribution in [3.63, 3.8) is 0 Å². The molecule has 4 aromatic carbocycles. The van der Waals surface area contributed by atoms with Gasteiger partial charge >= 0.3 is 0 Å². The van der Waals surface area contributed by atoms with Gasteiger partial charge in [-0.2, -0.15) is 0 Å². The van der Waals surface area contributed by atoms with Crippen LogP contribution in [0.15, 0.2) is 120 Å². The van der Waals surface area contributed by atoms with Crippen LogP contribution >= 0.6 is 0 Å². The summed E-state index contributed by atoms with van der Waals surface area (Å²) in [6.45, 7) is 0. The molecule has 2 heterocycles. The van der Waals surface area contributed by atoms with E-state index in [4.69, 9.17) is 4.42 Å². The topological polar surface area (TPSA) is 26.0 Å². The van der Waals surface area contributed by atoms with E-state index in [9.17, 15) is 0 Å². The molecule has 0 spiro atoms. The first-order valence-electron chi connectivity index (χ1n) is 10.4. The minimum atomic E-state index is 0.819. The van der Waals surface area contributed by atoms with Crippen LogP contribution in [-0.2, 0) is 0 Å². The lowest BCUT2D eigenvalue weighted by Crippen LogP contribution is -1.82. The fourth-order valence-electron chi connectivity index (χ4n) is 4.19. The summed E-state index contributed by atoms with van der Waals surface area (Å²) in [4.78, 5) is 4.63. The highest BCUT2D eigenvalue weighted by Crippen LogP contribution is 2.41. The fraction of sp³-hybridized carbons (Fsp3) is 0. The maximum absolute atomic E-state index is 6.56. The molecule has 31 heavy (non-hydrogen) atoms. The zero-order valence-electron chi connectivity index (χ0n) is 16.8. The third-order valence-corrected chi connectivity index (χ3v) is 5.73. The molecule has 2 nitrogen and oxygen atoms in total. The molecule has 0 fully saturated rings. The highest BCUT2D eigenvalue weighted by atomic mass is 16.3. The molecule has 6 rings (SSSR count). The average molecular weight is 397 g/mol. The lowest BCUT2D eigenvalue weighted by molar-refractivity contribution is 0.598. The summed E-state index contributed by atoms with van der Waals surface area (Å²) >= 11 is 0. The fourth-order valence-corrected chi connectivity index (χ4v) is 4.19. The second-order valence-corrected chi connectivity index (χ2v) is 7.66. The number of fused-ring (bicyclic) bond motifs is 2. The number of benzene rings is 4. The van der Waals surface area contributed by atoms with Gasteiger partial charge in [-0.05, 0) is 34.5 Å². The van der Waals surface area contributed by atoms with Crippen LogP contribution < -0.4 is 0 Å².